The molecule has 26 heavy (non-hydrogen) atoms. The first-order valence-corrected chi connectivity index (χ1v) is 8.51. The van der Waals surface area contributed by atoms with Gasteiger partial charge in [0.05, 0.1) is 11.7 Å². The first-order valence-electron chi connectivity index (χ1n) is 8.51. The van der Waals surface area contributed by atoms with Gasteiger partial charge in [-0.3, -0.25) is 9.79 Å². The second-order valence-electron chi connectivity index (χ2n) is 6.32. The van der Waals surface area contributed by atoms with Crippen LogP contribution in [0.1, 0.15) is 38.8 Å². The van der Waals surface area contributed by atoms with Gasteiger partial charge in [0.2, 0.25) is 0 Å². The van der Waals surface area contributed by atoms with Gasteiger partial charge in [0.1, 0.15) is 5.65 Å². The molecule has 1 aromatic carbocycles. The van der Waals surface area contributed by atoms with Crippen molar-refractivity contribution in [1.82, 2.24) is 14.7 Å². The number of nitrogens with two attached hydrogens (primary N) is 1. The molecule has 0 fully saturated rings. The summed E-state index contributed by atoms with van der Waals surface area (Å²) < 4.78 is 1.95. The number of carbonyl (C=O) groups excluding carboxylic acids is 1. The van der Waals surface area contributed by atoms with Crippen molar-refractivity contribution >= 4 is 17.8 Å². The van der Waals surface area contributed by atoms with Crippen LogP contribution < -0.4 is 11.1 Å². The highest BCUT2D eigenvalue weighted by Crippen LogP contribution is 2.17. The molecule has 0 aliphatic carbocycles. The third kappa shape index (κ3) is 3.50. The van der Waals surface area contributed by atoms with Gasteiger partial charge in [-0.2, -0.15) is 0 Å². The fraction of sp³-hybridized carbons (Fsp3) is 0.250. The molecule has 0 saturated carbocycles. The molecule has 0 spiro atoms. The van der Waals surface area contributed by atoms with E-state index in [9.17, 15) is 4.79 Å². The second-order valence-corrected chi connectivity index (χ2v) is 6.32. The van der Waals surface area contributed by atoms with Gasteiger partial charge in [-0.25, -0.2) is 4.98 Å². The lowest BCUT2D eigenvalue weighted by Crippen LogP contribution is -2.34. The fourth-order valence-corrected chi connectivity index (χ4v) is 2.96. The fourth-order valence-electron chi connectivity index (χ4n) is 2.96. The standard InChI is InChI=1S/C20H23N5O/c1-13-7-8-19-23-18(12-25(19)11-13)17(9-21)24-20(26)15-6-4-5-14(2)16(15)10-22-3/h4-8,10-12,17H,9,21H2,1-3H3,(H,24,26). The van der Waals surface area contributed by atoms with E-state index >= 15 is 0 Å². The van der Waals surface area contributed by atoms with Crippen molar-refractivity contribution < 1.29 is 4.79 Å². The molecule has 1 atom stereocenters. The molecule has 6 nitrogen and oxygen atoms in total. The molecule has 0 radical (unpaired) electrons. The zero-order valence-corrected chi connectivity index (χ0v) is 15.2. The third-order valence-electron chi connectivity index (χ3n) is 4.34. The van der Waals surface area contributed by atoms with Crippen molar-refractivity contribution in [2.24, 2.45) is 10.7 Å². The van der Waals surface area contributed by atoms with Crippen molar-refractivity contribution in [3.8, 4) is 0 Å². The predicted molar refractivity (Wildman–Crippen MR) is 104 cm³/mol. The lowest BCUT2D eigenvalue weighted by Gasteiger charge is -2.16. The Balaban J connectivity index is 1.90. The topological polar surface area (TPSA) is 84.8 Å². The highest BCUT2D eigenvalue weighted by Gasteiger charge is 2.19. The molecule has 0 bridgehead atoms. The average molecular weight is 349 g/mol. The number of imidazole rings is 1. The van der Waals surface area contributed by atoms with Gasteiger partial charge in [0.25, 0.3) is 5.91 Å². The van der Waals surface area contributed by atoms with Gasteiger partial charge in [-0.1, -0.05) is 18.2 Å². The number of nitrogens with zero attached hydrogens (tertiary/aromatic N) is 3. The van der Waals surface area contributed by atoms with Gasteiger partial charge in [0.15, 0.2) is 0 Å². The van der Waals surface area contributed by atoms with Crippen LogP contribution in [0.5, 0.6) is 0 Å². The molecule has 1 unspecified atom stereocenters. The lowest BCUT2D eigenvalue weighted by molar-refractivity contribution is 0.0937. The summed E-state index contributed by atoms with van der Waals surface area (Å²) >= 11 is 0. The molecule has 2 aromatic heterocycles. The molecule has 1 amide bonds. The summed E-state index contributed by atoms with van der Waals surface area (Å²) in [6.07, 6.45) is 5.61. The number of carbonyl (C=O) groups is 1. The molecule has 3 rings (SSSR count). The van der Waals surface area contributed by atoms with Gasteiger partial charge in [-0.15, -0.1) is 0 Å². The van der Waals surface area contributed by atoms with Crippen LogP contribution in [0, 0.1) is 13.8 Å². The molecule has 3 aromatic rings. The third-order valence-corrected chi connectivity index (χ3v) is 4.34. The van der Waals surface area contributed by atoms with Crippen LogP contribution in [-0.2, 0) is 0 Å². The molecule has 0 aliphatic heterocycles. The van der Waals surface area contributed by atoms with Gasteiger partial charge in [-0.05, 0) is 37.1 Å². The number of hydrogen-bond acceptors (Lipinski definition) is 4. The summed E-state index contributed by atoms with van der Waals surface area (Å²) in [7, 11) is 1.69. The van der Waals surface area contributed by atoms with E-state index in [-0.39, 0.29) is 18.5 Å². The molecule has 0 saturated heterocycles. The van der Waals surface area contributed by atoms with Crippen LogP contribution in [-0.4, -0.2) is 35.1 Å². The van der Waals surface area contributed by atoms with E-state index < -0.39 is 0 Å². The van der Waals surface area contributed by atoms with Crippen LogP contribution in [0.25, 0.3) is 5.65 Å². The van der Waals surface area contributed by atoms with Crippen LogP contribution in [0.4, 0.5) is 0 Å². The number of benzene rings is 1. The number of fused-ring (bicyclic) bond motifs is 1. The molecule has 2 heterocycles. The van der Waals surface area contributed by atoms with Gasteiger partial charge >= 0.3 is 0 Å². The van der Waals surface area contributed by atoms with E-state index in [1.807, 2.05) is 54.9 Å². The number of aliphatic imine (C=N–C) groups is 1. The van der Waals surface area contributed by atoms with Gasteiger partial charge < -0.3 is 15.5 Å². The SMILES string of the molecule is CN=Cc1c(C)cccc1C(=O)NC(CN)c1cn2cc(C)ccc2n1. The maximum Gasteiger partial charge on any atom is 0.252 e. The van der Waals surface area contributed by atoms with E-state index in [1.54, 1.807) is 19.3 Å². The largest absolute Gasteiger partial charge is 0.342 e. The Hall–Kier alpha value is -2.99. The molecule has 3 N–H and O–H groups in total. The van der Waals surface area contributed by atoms with E-state index in [1.165, 1.54) is 0 Å². The number of aryl methyl sites for hydroxylation is 2. The van der Waals surface area contributed by atoms with Gasteiger partial charge in [0, 0.05) is 43.3 Å². The van der Waals surface area contributed by atoms with Crippen LogP contribution in [0.2, 0.25) is 0 Å². The summed E-state index contributed by atoms with van der Waals surface area (Å²) in [6.45, 7) is 4.24. The Morgan fingerprint density at radius 3 is 2.85 bits per heavy atom. The smallest absolute Gasteiger partial charge is 0.252 e. The highest BCUT2D eigenvalue weighted by molar-refractivity contribution is 6.03. The first-order chi connectivity index (χ1) is 12.5. The van der Waals surface area contributed by atoms with Crippen LogP contribution in [0.15, 0.2) is 47.7 Å². The quantitative estimate of drug-likeness (QED) is 0.694. The van der Waals surface area contributed by atoms with Crippen molar-refractivity contribution in [2.45, 2.75) is 19.9 Å². The monoisotopic (exact) mass is 349 g/mol. The molecule has 0 aliphatic rings. The van der Waals surface area contributed by atoms with Crippen molar-refractivity contribution in [3.63, 3.8) is 0 Å². The van der Waals surface area contributed by atoms with Crippen molar-refractivity contribution in [3.05, 3.63) is 70.7 Å². The number of aromatic nitrogens is 2. The normalized spacial score (nSPS) is 12.6. The molecule has 134 valence electrons. The Bertz CT molecular complexity index is 973. The number of amides is 1. The molecular formula is C20H23N5O. The minimum absolute atomic E-state index is 0.188. The lowest BCUT2D eigenvalue weighted by atomic mass is 10.0. The molecular weight excluding hydrogens is 326 g/mol. The minimum Gasteiger partial charge on any atom is -0.342 e. The van der Waals surface area contributed by atoms with E-state index in [0.29, 0.717) is 5.56 Å². The van der Waals surface area contributed by atoms with E-state index in [0.717, 1.165) is 28.0 Å². The summed E-state index contributed by atoms with van der Waals surface area (Å²) in [5.74, 6) is -0.188. The van der Waals surface area contributed by atoms with E-state index in [2.05, 4.69) is 15.3 Å². The summed E-state index contributed by atoms with van der Waals surface area (Å²) in [6, 6.07) is 9.20. The van der Waals surface area contributed by atoms with Crippen molar-refractivity contribution in [1.29, 1.82) is 0 Å². The summed E-state index contributed by atoms with van der Waals surface area (Å²) in [5, 5.41) is 3.00. The highest BCUT2D eigenvalue weighted by atomic mass is 16.1. The summed E-state index contributed by atoms with van der Waals surface area (Å²) in [5.41, 5.74) is 11.0. The Morgan fingerprint density at radius 1 is 1.31 bits per heavy atom. The molecule has 6 heteroatoms. The maximum absolute atomic E-state index is 12.8. The zero-order valence-electron chi connectivity index (χ0n) is 15.2. The van der Waals surface area contributed by atoms with Crippen LogP contribution in [0.3, 0.4) is 0 Å². The minimum atomic E-state index is -0.366. The van der Waals surface area contributed by atoms with Crippen molar-refractivity contribution in [2.75, 3.05) is 13.6 Å². The number of nitrogens with one attached hydrogen (secondary N) is 1. The summed E-state index contributed by atoms with van der Waals surface area (Å²) in [4.78, 5) is 21.5. The average Bonchev–Trinajstić information content (AvgIpc) is 3.04. The number of rotatable bonds is 5. The number of hydrogen-bond donors (Lipinski definition) is 2. The second kappa shape index (κ2) is 7.49. The Kier molecular flexibility index (Phi) is 5.14. The van der Waals surface area contributed by atoms with E-state index in [4.69, 9.17) is 5.73 Å². The van der Waals surface area contributed by atoms with Crippen LogP contribution >= 0.6 is 0 Å². The Labute approximate surface area is 152 Å². The maximum atomic E-state index is 12.8. The Morgan fingerprint density at radius 2 is 2.12 bits per heavy atom. The predicted octanol–water partition coefficient (Wildman–Crippen LogP) is 2.43. The first kappa shape index (κ1) is 17.8. The zero-order chi connectivity index (χ0) is 18.7. The number of pyridine rings is 1.